The minimum absolute atomic E-state index is 0.0515. The molecule has 3 aliphatic carbocycles. The third kappa shape index (κ3) is 1.62. The fourth-order valence-corrected chi connectivity index (χ4v) is 4.16. The van der Waals surface area contributed by atoms with Gasteiger partial charge in [-0.3, -0.25) is 9.36 Å². The van der Waals surface area contributed by atoms with E-state index in [1.165, 1.54) is 4.57 Å². The Morgan fingerprint density at radius 2 is 1.50 bits per heavy atom. The molecule has 114 valence electrons. The molecule has 0 aliphatic heterocycles. The van der Waals surface area contributed by atoms with Gasteiger partial charge in [0.2, 0.25) is 11.8 Å². The number of aromatic nitrogens is 1. The van der Waals surface area contributed by atoms with Gasteiger partial charge in [0, 0.05) is 11.1 Å². The van der Waals surface area contributed by atoms with Crippen molar-refractivity contribution in [2.45, 2.75) is 37.5 Å². The number of amides is 1. The van der Waals surface area contributed by atoms with Crippen LogP contribution in [-0.2, 0) is 0 Å². The molecular formula is C17H18N2O3. The molecule has 0 saturated heterocycles. The summed E-state index contributed by atoms with van der Waals surface area (Å²) in [6.45, 7) is 0. The lowest BCUT2D eigenvalue weighted by atomic mass is 9.68. The Balaban J connectivity index is 1.99. The molecule has 5 heteroatoms. The molecule has 5 rings (SSSR count). The van der Waals surface area contributed by atoms with Crippen LogP contribution >= 0.6 is 0 Å². The molecule has 2 aromatic rings. The average Bonchev–Trinajstić information content (AvgIpc) is 2.82. The van der Waals surface area contributed by atoms with Crippen molar-refractivity contribution < 1.29 is 15.0 Å². The molecule has 1 aromatic heterocycles. The molecule has 0 spiro atoms. The summed E-state index contributed by atoms with van der Waals surface area (Å²) in [4.78, 5) is 11.6. The summed E-state index contributed by atoms with van der Waals surface area (Å²) in [5, 5.41) is 21.4. The van der Waals surface area contributed by atoms with Crippen LogP contribution in [0.3, 0.4) is 0 Å². The van der Waals surface area contributed by atoms with Crippen LogP contribution in [0.25, 0.3) is 5.69 Å². The summed E-state index contributed by atoms with van der Waals surface area (Å²) in [7, 11) is 0. The zero-order chi connectivity index (χ0) is 15.4. The summed E-state index contributed by atoms with van der Waals surface area (Å²) in [5.41, 5.74) is 7.86. The second kappa shape index (κ2) is 4.53. The van der Waals surface area contributed by atoms with Gasteiger partial charge >= 0.3 is 0 Å². The van der Waals surface area contributed by atoms with Crippen LogP contribution in [-0.4, -0.2) is 20.7 Å². The van der Waals surface area contributed by atoms with Crippen molar-refractivity contribution in [3.8, 4) is 17.4 Å². The largest absolute Gasteiger partial charge is 0.494 e. The highest BCUT2D eigenvalue weighted by Gasteiger charge is 2.40. The Hall–Kier alpha value is -2.43. The Morgan fingerprint density at radius 3 is 2.00 bits per heavy atom. The quantitative estimate of drug-likeness (QED) is 0.796. The second-order valence-corrected chi connectivity index (χ2v) is 6.24. The Kier molecular flexibility index (Phi) is 2.73. The zero-order valence-corrected chi connectivity index (χ0v) is 12.1. The van der Waals surface area contributed by atoms with Crippen molar-refractivity contribution in [3.05, 3.63) is 41.0 Å². The van der Waals surface area contributed by atoms with Gasteiger partial charge in [0.15, 0.2) is 0 Å². The highest BCUT2D eigenvalue weighted by molar-refractivity contribution is 5.96. The smallest absolute Gasteiger partial charge is 0.250 e. The van der Waals surface area contributed by atoms with Crippen LogP contribution in [0.15, 0.2) is 24.3 Å². The number of nitrogens with two attached hydrogens (primary N) is 1. The Labute approximate surface area is 128 Å². The molecule has 1 saturated carbocycles. The lowest BCUT2D eigenvalue weighted by molar-refractivity contribution is 0.100. The molecule has 2 bridgehead atoms. The van der Waals surface area contributed by atoms with Crippen molar-refractivity contribution in [3.63, 3.8) is 0 Å². The number of hydrogen-bond donors (Lipinski definition) is 3. The summed E-state index contributed by atoms with van der Waals surface area (Å²) in [6.07, 6.45) is 4.19. The van der Waals surface area contributed by atoms with E-state index in [1.54, 1.807) is 24.3 Å². The number of rotatable bonds is 2. The SMILES string of the molecule is NC(=O)c1ccccc1-n1c(O)c2c(c1O)C1CCC2CC1. The number of para-hydroxylation sites is 1. The lowest BCUT2D eigenvalue weighted by Gasteiger charge is -2.35. The van der Waals surface area contributed by atoms with Gasteiger partial charge in [-0.05, 0) is 49.7 Å². The number of aromatic hydroxyl groups is 2. The summed E-state index contributed by atoms with van der Waals surface area (Å²) in [5.74, 6) is 0.121. The first-order chi connectivity index (χ1) is 10.6. The average molecular weight is 298 g/mol. The lowest BCUT2D eigenvalue weighted by Crippen LogP contribution is -2.19. The minimum Gasteiger partial charge on any atom is -0.494 e. The molecule has 1 aromatic carbocycles. The maximum absolute atomic E-state index is 11.6. The van der Waals surface area contributed by atoms with Gasteiger partial charge in [0.05, 0.1) is 11.3 Å². The summed E-state index contributed by atoms with van der Waals surface area (Å²) < 4.78 is 1.38. The number of benzene rings is 1. The van der Waals surface area contributed by atoms with Crippen molar-refractivity contribution >= 4 is 5.91 Å². The van der Waals surface area contributed by atoms with Crippen LogP contribution in [0.4, 0.5) is 0 Å². The van der Waals surface area contributed by atoms with Gasteiger partial charge in [0.25, 0.3) is 5.91 Å². The molecule has 1 heterocycles. The third-order valence-electron chi connectivity index (χ3n) is 5.15. The van der Waals surface area contributed by atoms with Crippen LogP contribution < -0.4 is 5.73 Å². The predicted molar refractivity (Wildman–Crippen MR) is 81.6 cm³/mol. The molecule has 3 aliphatic rings. The number of hydrogen-bond acceptors (Lipinski definition) is 3. The first kappa shape index (κ1) is 13.2. The molecule has 4 N–H and O–H groups in total. The van der Waals surface area contributed by atoms with E-state index < -0.39 is 5.91 Å². The molecule has 5 nitrogen and oxygen atoms in total. The van der Waals surface area contributed by atoms with Gasteiger partial charge in [-0.15, -0.1) is 0 Å². The first-order valence-corrected chi connectivity index (χ1v) is 7.65. The van der Waals surface area contributed by atoms with Gasteiger partial charge in [-0.25, -0.2) is 0 Å². The molecule has 0 unspecified atom stereocenters. The summed E-state index contributed by atoms with van der Waals surface area (Å²) in [6, 6.07) is 6.76. The van der Waals surface area contributed by atoms with Crippen molar-refractivity contribution in [2.24, 2.45) is 5.73 Å². The number of primary amides is 1. The van der Waals surface area contributed by atoms with Crippen LogP contribution in [0.1, 0.15) is 59.0 Å². The fraction of sp³-hybridized carbons (Fsp3) is 0.353. The highest BCUT2D eigenvalue weighted by atomic mass is 16.3. The zero-order valence-electron chi connectivity index (χ0n) is 12.1. The molecular weight excluding hydrogens is 280 g/mol. The number of carbonyl (C=O) groups is 1. The maximum atomic E-state index is 11.6. The van der Waals surface area contributed by atoms with Gasteiger partial charge < -0.3 is 15.9 Å². The molecule has 0 radical (unpaired) electrons. The molecule has 22 heavy (non-hydrogen) atoms. The topological polar surface area (TPSA) is 88.5 Å². The van der Waals surface area contributed by atoms with Gasteiger partial charge in [0.1, 0.15) is 0 Å². The minimum atomic E-state index is -0.580. The predicted octanol–water partition coefficient (Wildman–Crippen LogP) is 2.74. The van der Waals surface area contributed by atoms with E-state index in [1.807, 2.05) is 0 Å². The highest BCUT2D eigenvalue weighted by Crippen LogP contribution is 2.57. The molecule has 1 fully saturated rings. The fourth-order valence-electron chi connectivity index (χ4n) is 4.16. The maximum Gasteiger partial charge on any atom is 0.250 e. The first-order valence-electron chi connectivity index (χ1n) is 7.65. The second-order valence-electron chi connectivity index (χ2n) is 6.24. The van der Waals surface area contributed by atoms with E-state index in [2.05, 4.69) is 0 Å². The standard InChI is InChI=1S/C17H18N2O3/c18-15(20)11-3-1-2-4-12(11)19-16(21)13-9-5-6-10(8-7-9)14(13)17(19)22/h1-4,9-10,21-22H,5-8H2,(H2,18,20). The number of carbonyl (C=O) groups excluding carboxylic acids is 1. The normalized spacial score (nSPS) is 22.5. The summed E-state index contributed by atoms with van der Waals surface area (Å²) >= 11 is 0. The van der Waals surface area contributed by atoms with E-state index in [0.717, 1.165) is 36.8 Å². The van der Waals surface area contributed by atoms with E-state index in [9.17, 15) is 15.0 Å². The van der Waals surface area contributed by atoms with Gasteiger partial charge in [-0.1, -0.05) is 12.1 Å². The Bertz CT molecular complexity index is 735. The van der Waals surface area contributed by atoms with E-state index in [4.69, 9.17) is 5.73 Å². The van der Waals surface area contributed by atoms with Crippen molar-refractivity contribution in [1.82, 2.24) is 4.57 Å². The van der Waals surface area contributed by atoms with Gasteiger partial charge in [-0.2, -0.15) is 0 Å². The van der Waals surface area contributed by atoms with Crippen LogP contribution in [0, 0.1) is 0 Å². The monoisotopic (exact) mass is 298 g/mol. The van der Waals surface area contributed by atoms with Crippen LogP contribution in [0.5, 0.6) is 11.8 Å². The molecule has 0 atom stereocenters. The van der Waals surface area contributed by atoms with Crippen LogP contribution in [0.2, 0.25) is 0 Å². The van der Waals surface area contributed by atoms with Crippen molar-refractivity contribution in [1.29, 1.82) is 0 Å². The third-order valence-corrected chi connectivity index (χ3v) is 5.15. The number of nitrogens with zero attached hydrogens (tertiary/aromatic N) is 1. The van der Waals surface area contributed by atoms with E-state index in [-0.39, 0.29) is 17.3 Å². The van der Waals surface area contributed by atoms with Crippen molar-refractivity contribution in [2.75, 3.05) is 0 Å². The Morgan fingerprint density at radius 1 is 1.00 bits per heavy atom. The van der Waals surface area contributed by atoms with E-state index >= 15 is 0 Å². The van der Waals surface area contributed by atoms with E-state index in [0.29, 0.717) is 17.5 Å². The molecule has 1 amide bonds. The number of fused-ring (bicyclic) bond motifs is 2.